The van der Waals surface area contributed by atoms with Crippen molar-refractivity contribution in [2.45, 2.75) is 44.8 Å². The highest BCUT2D eigenvalue weighted by Crippen LogP contribution is 2.28. The highest BCUT2D eigenvalue weighted by atomic mass is 16.5. The second-order valence-electron chi connectivity index (χ2n) is 6.41. The predicted octanol–water partition coefficient (Wildman–Crippen LogP) is 0.374. The fraction of sp³-hybridized carbons (Fsp3) is 0.929. The van der Waals surface area contributed by atoms with Gasteiger partial charge >= 0.3 is 0 Å². The van der Waals surface area contributed by atoms with Crippen molar-refractivity contribution >= 4 is 5.91 Å². The van der Waals surface area contributed by atoms with E-state index in [1.165, 1.54) is 19.3 Å². The van der Waals surface area contributed by atoms with E-state index in [2.05, 4.69) is 10.2 Å². The van der Waals surface area contributed by atoms with Gasteiger partial charge in [-0.25, -0.2) is 0 Å². The van der Waals surface area contributed by atoms with Crippen molar-refractivity contribution in [3.05, 3.63) is 0 Å². The predicted molar refractivity (Wildman–Crippen MR) is 72.8 cm³/mol. The molecule has 2 fully saturated rings. The van der Waals surface area contributed by atoms with Crippen LogP contribution in [0.25, 0.3) is 0 Å². The lowest BCUT2D eigenvalue weighted by molar-refractivity contribution is -0.134. The molecule has 1 heterocycles. The monoisotopic (exact) mass is 270 g/mol. The number of morpholine rings is 1. The number of carbonyl (C=O) groups excluding carboxylic acids is 1. The first-order chi connectivity index (χ1) is 8.96. The van der Waals surface area contributed by atoms with Gasteiger partial charge in [0.2, 0.25) is 5.91 Å². The third-order valence-corrected chi connectivity index (χ3v) is 3.95. The number of nitrogens with zero attached hydrogens (tertiary/aromatic N) is 1. The molecule has 1 saturated carbocycles. The summed E-state index contributed by atoms with van der Waals surface area (Å²) < 4.78 is 5.43. The average molecular weight is 270 g/mol. The minimum Gasteiger partial charge on any atom is -0.389 e. The Kier molecular flexibility index (Phi) is 4.81. The molecule has 0 radical (unpaired) electrons. The number of amides is 1. The molecule has 0 unspecified atom stereocenters. The summed E-state index contributed by atoms with van der Waals surface area (Å²) in [4.78, 5) is 14.4. The minimum absolute atomic E-state index is 0.0267. The van der Waals surface area contributed by atoms with Gasteiger partial charge in [0.25, 0.3) is 0 Å². The minimum atomic E-state index is -0.871. The summed E-state index contributed by atoms with van der Waals surface area (Å²) in [6.45, 7) is 6.67. The molecular weight excluding hydrogens is 244 g/mol. The highest BCUT2D eigenvalue weighted by molar-refractivity contribution is 5.82. The van der Waals surface area contributed by atoms with Crippen LogP contribution in [0.3, 0.4) is 0 Å². The van der Waals surface area contributed by atoms with E-state index < -0.39 is 5.60 Å². The Bertz CT molecular complexity index is 310. The van der Waals surface area contributed by atoms with E-state index in [9.17, 15) is 9.90 Å². The van der Waals surface area contributed by atoms with Gasteiger partial charge in [-0.15, -0.1) is 0 Å². The van der Waals surface area contributed by atoms with Crippen molar-refractivity contribution in [2.24, 2.45) is 5.92 Å². The van der Waals surface area contributed by atoms with Gasteiger partial charge in [-0.05, 0) is 32.6 Å². The number of carbonyl (C=O) groups is 1. The number of hydrogen-bond acceptors (Lipinski definition) is 4. The largest absolute Gasteiger partial charge is 0.389 e. The fourth-order valence-electron chi connectivity index (χ4n) is 2.53. The normalized spacial score (nSPS) is 25.9. The lowest BCUT2D eigenvalue weighted by Crippen LogP contribution is -2.56. The number of nitrogens with one attached hydrogen (secondary N) is 1. The Morgan fingerprint density at radius 1 is 1.47 bits per heavy atom. The van der Waals surface area contributed by atoms with E-state index in [1.807, 2.05) is 0 Å². The van der Waals surface area contributed by atoms with Crippen molar-refractivity contribution in [3.8, 4) is 0 Å². The Morgan fingerprint density at radius 2 is 2.21 bits per heavy atom. The van der Waals surface area contributed by atoms with E-state index in [-0.39, 0.29) is 18.5 Å². The van der Waals surface area contributed by atoms with E-state index >= 15 is 0 Å². The van der Waals surface area contributed by atoms with E-state index in [1.54, 1.807) is 13.8 Å². The van der Waals surface area contributed by atoms with Crippen molar-refractivity contribution in [3.63, 3.8) is 0 Å². The molecule has 0 bridgehead atoms. The zero-order chi connectivity index (χ0) is 13.9. The summed E-state index contributed by atoms with van der Waals surface area (Å²) in [5, 5.41) is 12.5. The molecule has 2 N–H and O–H groups in total. The van der Waals surface area contributed by atoms with Gasteiger partial charge in [0.1, 0.15) is 6.04 Å². The smallest absolute Gasteiger partial charge is 0.239 e. The van der Waals surface area contributed by atoms with Gasteiger partial charge in [-0.2, -0.15) is 0 Å². The molecule has 19 heavy (non-hydrogen) atoms. The van der Waals surface area contributed by atoms with Crippen LogP contribution < -0.4 is 5.32 Å². The highest BCUT2D eigenvalue weighted by Gasteiger charge is 2.32. The van der Waals surface area contributed by atoms with E-state index in [0.717, 1.165) is 19.0 Å². The SMILES string of the molecule is CC(C)(O)CNC(=O)[C@@H]1COCCN1CC1CCC1. The second-order valence-corrected chi connectivity index (χ2v) is 6.41. The first-order valence-electron chi connectivity index (χ1n) is 7.27. The lowest BCUT2D eigenvalue weighted by Gasteiger charge is -2.39. The van der Waals surface area contributed by atoms with E-state index in [0.29, 0.717) is 13.2 Å². The Morgan fingerprint density at radius 3 is 2.79 bits per heavy atom. The second kappa shape index (κ2) is 6.20. The summed E-state index contributed by atoms with van der Waals surface area (Å²) in [5.41, 5.74) is -0.871. The first kappa shape index (κ1) is 14.8. The summed E-state index contributed by atoms with van der Waals surface area (Å²) >= 11 is 0. The van der Waals surface area contributed by atoms with Crippen LogP contribution in [0, 0.1) is 5.92 Å². The standard InChI is InChI=1S/C14H26N2O3/c1-14(2,18)10-15-13(17)12-9-19-7-6-16(12)8-11-4-3-5-11/h11-12,18H,3-10H2,1-2H3,(H,15,17)/t12-/m0/s1. The molecule has 1 saturated heterocycles. The van der Waals surface area contributed by atoms with Gasteiger partial charge < -0.3 is 15.2 Å². The molecule has 0 aromatic heterocycles. The maximum absolute atomic E-state index is 12.2. The van der Waals surface area contributed by atoms with Crippen LogP contribution in [0.15, 0.2) is 0 Å². The van der Waals surface area contributed by atoms with Crippen LogP contribution in [0.5, 0.6) is 0 Å². The van der Waals surface area contributed by atoms with Crippen LogP contribution in [0.2, 0.25) is 0 Å². The molecule has 0 aromatic rings. The van der Waals surface area contributed by atoms with Gasteiger partial charge in [0.05, 0.1) is 18.8 Å². The molecule has 1 aliphatic heterocycles. The Balaban J connectivity index is 1.84. The van der Waals surface area contributed by atoms with Crippen molar-refractivity contribution in [1.82, 2.24) is 10.2 Å². The number of ether oxygens (including phenoxy) is 1. The molecule has 2 rings (SSSR count). The molecule has 2 aliphatic rings. The zero-order valence-electron chi connectivity index (χ0n) is 12.0. The van der Waals surface area contributed by atoms with Crippen LogP contribution in [-0.4, -0.2) is 60.4 Å². The molecule has 0 aromatic carbocycles. The maximum Gasteiger partial charge on any atom is 0.239 e. The lowest BCUT2D eigenvalue weighted by atomic mass is 9.84. The third kappa shape index (κ3) is 4.44. The van der Waals surface area contributed by atoms with Crippen LogP contribution in [0.4, 0.5) is 0 Å². The molecule has 1 atom stereocenters. The number of aliphatic hydroxyl groups is 1. The zero-order valence-corrected chi connectivity index (χ0v) is 12.0. The molecule has 110 valence electrons. The van der Waals surface area contributed by atoms with Gasteiger partial charge in [0.15, 0.2) is 0 Å². The van der Waals surface area contributed by atoms with E-state index in [4.69, 9.17) is 4.74 Å². The summed E-state index contributed by atoms with van der Waals surface area (Å²) in [6, 6.07) is -0.198. The van der Waals surface area contributed by atoms with Crippen LogP contribution in [-0.2, 0) is 9.53 Å². The number of rotatable bonds is 5. The van der Waals surface area contributed by atoms with Crippen molar-refractivity contribution in [2.75, 3.05) is 32.8 Å². The molecule has 5 heteroatoms. The summed E-state index contributed by atoms with van der Waals surface area (Å²) in [6.07, 6.45) is 3.90. The number of hydrogen-bond donors (Lipinski definition) is 2. The van der Waals surface area contributed by atoms with Crippen molar-refractivity contribution in [1.29, 1.82) is 0 Å². The summed E-state index contributed by atoms with van der Waals surface area (Å²) in [7, 11) is 0. The van der Waals surface area contributed by atoms with Gasteiger partial charge in [-0.3, -0.25) is 9.69 Å². The Labute approximate surface area is 115 Å². The first-order valence-corrected chi connectivity index (χ1v) is 7.27. The van der Waals surface area contributed by atoms with Gasteiger partial charge in [-0.1, -0.05) is 6.42 Å². The topological polar surface area (TPSA) is 61.8 Å². The molecule has 5 nitrogen and oxygen atoms in total. The van der Waals surface area contributed by atoms with Gasteiger partial charge in [0, 0.05) is 19.6 Å². The fourth-order valence-corrected chi connectivity index (χ4v) is 2.53. The van der Waals surface area contributed by atoms with Crippen LogP contribution in [0.1, 0.15) is 33.1 Å². The molecule has 0 spiro atoms. The average Bonchev–Trinajstić information content (AvgIpc) is 2.30. The summed E-state index contributed by atoms with van der Waals surface area (Å²) in [5.74, 6) is 0.726. The maximum atomic E-state index is 12.2. The Hall–Kier alpha value is -0.650. The quantitative estimate of drug-likeness (QED) is 0.758. The third-order valence-electron chi connectivity index (χ3n) is 3.95. The van der Waals surface area contributed by atoms with Crippen LogP contribution >= 0.6 is 0 Å². The molecule has 1 amide bonds. The molecule has 1 aliphatic carbocycles. The molecular formula is C14H26N2O3. The van der Waals surface area contributed by atoms with Crippen molar-refractivity contribution < 1.29 is 14.6 Å².